The summed E-state index contributed by atoms with van der Waals surface area (Å²) in [6, 6.07) is 0. The molecule has 0 radical (unpaired) electrons. The zero-order valence-electron chi connectivity index (χ0n) is 21.7. The summed E-state index contributed by atoms with van der Waals surface area (Å²) in [5.74, 6) is 2.78. The number of ketones is 1. The minimum absolute atomic E-state index is 0.164. The van der Waals surface area contributed by atoms with Crippen LogP contribution in [0.4, 0.5) is 0 Å². The lowest BCUT2D eigenvalue weighted by molar-refractivity contribution is -0.166. The van der Waals surface area contributed by atoms with E-state index in [0.29, 0.717) is 52.4 Å². The molecule has 0 unspecified atom stereocenters. The van der Waals surface area contributed by atoms with E-state index >= 15 is 0 Å². The standard InChI is InChI=1S/C29H44O4/c1-17(2)18(3)8-9-19(4)21-12-13-22-20-10-11-24-25(30)29(32,26(31)33-7)16-28(24,6)23(20)14-15-27(21,22)5/h8-9,11,17-23,32H,10,12-16H2,1-7H3/t18-,19+,20-,21+,22-,23-,27+,28+,29-/m0/s1. The van der Waals surface area contributed by atoms with Crippen molar-refractivity contribution >= 4 is 11.8 Å². The Bertz CT molecular complexity index is 871. The molecule has 3 saturated carbocycles. The molecule has 1 N–H and O–H groups in total. The highest BCUT2D eigenvalue weighted by atomic mass is 16.5. The predicted octanol–water partition coefficient (Wildman–Crippen LogP) is 5.74. The Morgan fingerprint density at radius 1 is 1.12 bits per heavy atom. The first-order valence-electron chi connectivity index (χ1n) is 13.1. The predicted molar refractivity (Wildman–Crippen MR) is 130 cm³/mol. The number of fused-ring (bicyclic) bond motifs is 5. The van der Waals surface area contributed by atoms with E-state index < -0.39 is 22.8 Å². The van der Waals surface area contributed by atoms with Crippen molar-refractivity contribution in [2.75, 3.05) is 7.11 Å². The van der Waals surface area contributed by atoms with Gasteiger partial charge in [0.05, 0.1) is 7.11 Å². The van der Waals surface area contributed by atoms with Crippen LogP contribution in [0.2, 0.25) is 0 Å². The molecule has 0 amide bonds. The summed E-state index contributed by atoms with van der Waals surface area (Å²) in [5, 5.41) is 11.0. The molecule has 0 bridgehead atoms. The van der Waals surface area contributed by atoms with Crippen LogP contribution in [0.1, 0.15) is 80.1 Å². The molecular weight excluding hydrogens is 412 g/mol. The van der Waals surface area contributed by atoms with E-state index in [4.69, 9.17) is 4.74 Å². The summed E-state index contributed by atoms with van der Waals surface area (Å²) in [5.41, 5.74) is -1.47. The molecule has 4 rings (SSSR count). The third kappa shape index (κ3) is 3.58. The monoisotopic (exact) mass is 456 g/mol. The van der Waals surface area contributed by atoms with Crippen LogP contribution >= 0.6 is 0 Å². The van der Waals surface area contributed by atoms with Gasteiger partial charge in [0, 0.05) is 17.4 Å². The van der Waals surface area contributed by atoms with Gasteiger partial charge in [-0.3, -0.25) is 4.79 Å². The number of rotatable bonds is 5. The van der Waals surface area contributed by atoms with E-state index in [9.17, 15) is 14.7 Å². The van der Waals surface area contributed by atoms with Gasteiger partial charge < -0.3 is 9.84 Å². The average Bonchev–Trinajstić information content (AvgIpc) is 3.23. The van der Waals surface area contributed by atoms with Gasteiger partial charge in [0.15, 0.2) is 0 Å². The molecule has 0 saturated heterocycles. The Morgan fingerprint density at radius 2 is 1.82 bits per heavy atom. The summed E-state index contributed by atoms with van der Waals surface area (Å²) in [6.45, 7) is 13.9. The smallest absolute Gasteiger partial charge is 0.346 e. The molecule has 4 nitrogen and oxygen atoms in total. The number of carbonyl (C=O) groups is 2. The van der Waals surface area contributed by atoms with Gasteiger partial charge in [0.25, 0.3) is 0 Å². The third-order valence-corrected chi connectivity index (χ3v) is 10.7. The Labute approximate surface area is 200 Å². The highest BCUT2D eigenvalue weighted by molar-refractivity contribution is 6.18. The van der Waals surface area contributed by atoms with Gasteiger partial charge in [0.2, 0.25) is 11.4 Å². The fourth-order valence-electron chi connectivity index (χ4n) is 8.45. The van der Waals surface area contributed by atoms with Crippen molar-refractivity contribution in [1.29, 1.82) is 0 Å². The molecule has 4 aliphatic carbocycles. The summed E-state index contributed by atoms with van der Waals surface area (Å²) < 4.78 is 4.83. The van der Waals surface area contributed by atoms with Gasteiger partial charge in [0.1, 0.15) is 0 Å². The lowest BCUT2D eigenvalue weighted by Crippen LogP contribution is -2.49. The van der Waals surface area contributed by atoms with Crippen molar-refractivity contribution in [3.05, 3.63) is 23.8 Å². The average molecular weight is 457 g/mol. The first-order chi connectivity index (χ1) is 15.4. The summed E-state index contributed by atoms with van der Waals surface area (Å²) in [7, 11) is 1.25. The number of hydrogen-bond donors (Lipinski definition) is 1. The van der Waals surface area contributed by atoms with Gasteiger partial charge in [-0.25, -0.2) is 4.79 Å². The molecule has 33 heavy (non-hydrogen) atoms. The van der Waals surface area contributed by atoms with Crippen molar-refractivity contribution in [2.45, 2.75) is 85.7 Å². The van der Waals surface area contributed by atoms with Crippen LogP contribution in [0.15, 0.2) is 23.8 Å². The Balaban J connectivity index is 1.58. The lowest BCUT2D eigenvalue weighted by Gasteiger charge is -2.55. The zero-order chi connectivity index (χ0) is 24.3. The molecule has 9 atom stereocenters. The van der Waals surface area contributed by atoms with Crippen molar-refractivity contribution < 1.29 is 19.4 Å². The highest BCUT2D eigenvalue weighted by Crippen LogP contribution is 2.68. The number of allylic oxidation sites excluding steroid dienone is 3. The quantitative estimate of drug-likeness (QED) is 0.325. The second kappa shape index (κ2) is 8.36. The Hall–Kier alpha value is -1.42. The fourth-order valence-corrected chi connectivity index (χ4v) is 8.45. The van der Waals surface area contributed by atoms with Crippen LogP contribution in [0, 0.1) is 52.3 Å². The van der Waals surface area contributed by atoms with E-state index in [0.717, 1.165) is 19.3 Å². The number of hydrogen-bond acceptors (Lipinski definition) is 4. The van der Waals surface area contributed by atoms with Crippen LogP contribution in [0.5, 0.6) is 0 Å². The molecule has 0 aromatic heterocycles. The normalized spacial score (nSPS) is 44.3. The number of esters is 1. The lowest BCUT2D eigenvalue weighted by atomic mass is 9.49. The van der Waals surface area contributed by atoms with E-state index in [1.165, 1.54) is 20.0 Å². The van der Waals surface area contributed by atoms with Crippen molar-refractivity contribution in [1.82, 2.24) is 0 Å². The SMILES string of the molecule is COC(=O)[C@]1(O)C[C@@]2(C)C(=CC[C@H]3[C@@H]4CC[C@H]([C@H](C)C=C[C@H](C)C(C)C)[C@@]4(C)CC[C@@H]32)C1=O. The van der Waals surface area contributed by atoms with E-state index in [1.54, 1.807) is 0 Å². The molecule has 4 heteroatoms. The van der Waals surface area contributed by atoms with Crippen molar-refractivity contribution in [3.8, 4) is 0 Å². The van der Waals surface area contributed by atoms with Crippen LogP contribution in [-0.2, 0) is 14.3 Å². The number of aliphatic hydroxyl groups is 1. The number of ether oxygens (including phenoxy) is 1. The van der Waals surface area contributed by atoms with Crippen LogP contribution in [-0.4, -0.2) is 29.6 Å². The van der Waals surface area contributed by atoms with Gasteiger partial charge >= 0.3 is 5.97 Å². The fraction of sp³-hybridized carbons (Fsp3) is 0.793. The second-order valence-corrected chi connectivity index (χ2v) is 12.6. The van der Waals surface area contributed by atoms with E-state index in [2.05, 4.69) is 59.8 Å². The third-order valence-electron chi connectivity index (χ3n) is 10.7. The molecule has 0 heterocycles. The summed E-state index contributed by atoms with van der Waals surface area (Å²) in [6.07, 6.45) is 12.8. The minimum atomic E-state index is -2.02. The first kappa shape index (κ1) is 24.7. The number of carbonyl (C=O) groups excluding carboxylic acids is 2. The molecule has 0 aliphatic heterocycles. The molecule has 4 aliphatic rings. The molecule has 0 aromatic carbocycles. The second-order valence-electron chi connectivity index (χ2n) is 12.6. The van der Waals surface area contributed by atoms with Gasteiger partial charge in [-0.15, -0.1) is 0 Å². The Kier molecular flexibility index (Phi) is 6.26. The first-order valence-corrected chi connectivity index (χ1v) is 13.1. The Morgan fingerprint density at radius 3 is 2.45 bits per heavy atom. The van der Waals surface area contributed by atoms with Gasteiger partial charge in [-0.1, -0.05) is 59.8 Å². The van der Waals surface area contributed by atoms with Crippen LogP contribution in [0.3, 0.4) is 0 Å². The van der Waals surface area contributed by atoms with E-state index in [1.807, 2.05) is 0 Å². The highest BCUT2D eigenvalue weighted by Gasteiger charge is 2.67. The molecule has 0 spiro atoms. The topological polar surface area (TPSA) is 63.6 Å². The zero-order valence-corrected chi connectivity index (χ0v) is 21.7. The number of Topliss-reactive ketones (excluding diaryl/α,β-unsaturated/α-hetero) is 1. The van der Waals surface area contributed by atoms with Crippen molar-refractivity contribution in [3.63, 3.8) is 0 Å². The van der Waals surface area contributed by atoms with Crippen LogP contribution in [0.25, 0.3) is 0 Å². The summed E-state index contributed by atoms with van der Waals surface area (Å²) in [4.78, 5) is 25.5. The molecular formula is C29H44O4. The van der Waals surface area contributed by atoms with Crippen molar-refractivity contribution in [2.24, 2.45) is 52.3 Å². The maximum absolute atomic E-state index is 13.1. The minimum Gasteiger partial charge on any atom is -0.467 e. The maximum Gasteiger partial charge on any atom is 0.346 e. The molecule has 3 fully saturated rings. The molecule has 0 aromatic rings. The number of methoxy groups -OCH3 is 1. The van der Waals surface area contributed by atoms with Gasteiger partial charge in [-0.05, 0) is 78.9 Å². The van der Waals surface area contributed by atoms with E-state index in [-0.39, 0.29) is 6.42 Å². The van der Waals surface area contributed by atoms with Crippen LogP contribution < -0.4 is 0 Å². The maximum atomic E-state index is 13.1. The molecule has 184 valence electrons. The summed E-state index contributed by atoms with van der Waals surface area (Å²) >= 11 is 0. The van der Waals surface area contributed by atoms with Gasteiger partial charge in [-0.2, -0.15) is 0 Å². The largest absolute Gasteiger partial charge is 0.467 e.